The lowest BCUT2D eigenvalue weighted by Gasteiger charge is -2.16. The second-order valence-electron chi connectivity index (χ2n) is 18.3. The Morgan fingerprint density at radius 3 is 1.01 bits per heavy atom. The van der Waals surface area contributed by atoms with Gasteiger partial charge in [0.25, 0.3) is 0 Å². The molecular formula is C60H48N6O. The number of fused-ring (bicyclic) bond motifs is 12. The molecule has 0 aliphatic heterocycles. The van der Waals surface area contributed by atoms with Crippen molar-refractivity contribution in [3.63, 3.8) is 0 Å². The number of hydrogen-bond donors (Lipinski definition) is 0. The van der Waals surface area contributed by atoms with E-state index in [-0.39, 0.29) is 0 Å². The summed E-state index contributed by atoms with van der Waals surface area (Å²) in [7, 11) is 0. The minimum absolute atomic E-state index is 0.709. The number of pyridine rings is 4. The van der Waals surface area contributed by atoms with E-state index in [1.807, 2.05) is 12.4 Å². The minimum Gasteiger partial charge on any atom is -0.457 e. The van der Waals surface area contributed by atoms with Gasteiger partial charge in [0, 0.05) is 43.8 Å². The van der Waals surface area contributed by atoms with Crippen LogP contribution in [0.3, 0.4) is 0 Å². The maximum atomic E-state index is 6.88. The van der Waals surface area contributed by atoms with Gasteiger partial charge in [-0.15, -0.1) is 0 Å². The van der Waals surface area contributed by atoms with Crippen molar-refractivity contribution in [2.75, 3.05) is 0 Å². The molecular weight excluding hydrogens is 821 g/mol. The zero-order valence-corrected chi connectivity index (χ0v) is 38.9. The van der Waals surface area contributed by atoms with E-state index in [1.165, 1.54) is 44.5 Å². The first-order valence-corrected chi connectivity index (χ1v) is 23.0. The van der Waals surface area contributed by atoms with Crippen molar-refractivity contribution >= 4 is 54.9 Å². The van der Waals surface area contributed by atoms with E-state index >= 15 is 0 Å². The van der Waals surface area contributed by atoms with Crippen LogP contribution in [0.4, 0.5) is 0 Å². The van der Waals surface area contributed by atoms with Gasteiger partial charge < -0.3 is 4.74 Å². The number of aryl methyl sites for hydroxylation is 8. The maximum absolute atomic E-state index is 6.88. The largest absolute Gasteiger partial charge is 0.457 e. The van der Waals surface area contributed by atoms with Crippen LogP contribution in [0.15, 0.2) is 146 Å². The van der Waals surface area contributed by atoms with E-state index in [1.54, 1.807) is 0 Å². The number of ether oxygens (including phenoxy) is 1. The summed E-state index contributed by atoms with van der Waals surface area (Å²) in [6.07, 6.45) is 4.00. The molecule has 0 radical (unpaired) electrons. The van der Waals surface area contributed by atoms with Crippen LogP contribution < -0.4 is 4.74 Å². The number of hydrogen-bond acceptors (Lipinski definition) is 5. The Kier molecular flexibility index (Phi) is 9.16. The van der Waals surface area contributed by atoms with Gasteiger partial charge in [0.05, 0.1) is 35.2 Å². The first-order valence-electron chi connectivity index (χ1n) is 23.0. The zero-order valence-electron chi connectivity index (χ0n) is 38.9. The third-order valence-electron chi connectivity index (χ3n) is 13.9. The molecule has 0 spiro atoms. The fraction of sp³-hybridized carbons (Fsp3) is 0.133. The van der Waals surface area contributed by atoms with Gasteiger partial charge in [-0.2, -0.15) is 0 Å². The molecule has 12 aromatic rings. The molecule has 0 saturated carbocycles. The third-order valence-corrected chi connectivity index (χ3v) is 13.9. The highest BCUT2D eigenvalue weighted by molar-refractivity contribution is 6.13. The van der Waals surface area contributed by atoms with E-state index < -0.39 is 0 Å². The van der Waals surface area contributed by atoms with Gasteiger partial charge >= 0.3 is 0 Å². The van der Waals surface area contributed by atoms with Gasteiger partial charge in [-0.1, -0.05) is 72.8 Å². The summed E-state index contributed by atoms with van der Waals surface area (Å²) >= 11 is 0. The summed E-state index contributed by atoms with van der Waals surface area (Å²) in [6.45, 7) is 17.3. The number of rotatable bonds is 6. The maximum Gasteiger partial charge on any atom is 0.147 e. The second kappa shape index (κ2) is 15.2. The van der Waals surface area contributed by atoms with E-state index in [9.17, 15) is 0 Å². The standard InChI is InChI=1S/C60H48N6O/c1-33-13-9-14-34(2)53(33)49-27-25-45-43-23-21-41(29-47(43)57-61-31-51(65(57)59(45)63-49)55-37(5)17-11-18-38(55)6)67-42-22-24-44-46-26-28-50(54-35(3)15-10-16-36(54)4)64-60(46)66-52(32-62-58(66)48(44)30-42)56-39(7)19-12-20-40(56)8/h9-32H,1-8H3. The van der Waals surface area contributed by atoms with Gasteiger partial charge in [0.2, 0.25) is 0 Å². The molecule has 0 unspecified atom stereocenters. The predicted octanol–water partition coefficient (Wildman–Crippen LogP) is 15.3. The molecule has 0 N–H and O–H groups in total. The molecule has 0 amide bonds. The molecule has 7 nitrogen and oxygen atoms in total. The van der Waals surface area contributed by atoms with E-state index in [0.717, 1.165) is 99.9 Å². The monoisotopic (exact) mass is 868 g/mol. The normalized spacial score (nSPS) is 11.9. The van der Waals surface area contributed by atoms with Crippen LogP contribution >= 0.6 is 0 Å². The Bertz CT molecular complexity index is 3720. The van der Waals surface area contributed by atoms with Crippen LogP contribution in [0, 0.1) is 55.4 Å². The molecule has 0 atom stereocenters. The van der Waals surface area contributed by atoms with Crippen LogP contribution in [0.2, 0.25) is 0 Å². The molecule has 0 aliphatic rings. The smallest absolute Gasteiger partial charge is 0.147 e. The van der Waals surface area contributed by atoms with Crippen molar-refractivity contribution < 1.29 is 4.74 Å². The van der Waals surface area contributed by atoms with Gasteiger partial charge in [0.1, 0.15) is 34.1 Å². The molecule has 6 aromatic heterocycles. The third kappa shape index (κ3) is 6.25. The summed E-state index contributed by atoms with van der Waals surface area (Å²) in [6, 6.07) is 47.2. The minimum atomic E-state index is 0.709. The molecule has 324 valence electrons. The average molecular weight is 869 g/mol. The Balaban J connectivity index is 1.05. The molecule has 12 rings (SSSR count). The van der Waals surface area contributed by atoms with Crippen molar-refractivity contribution in [1.82, 2.24) is 28.7 Å². The zero-order chi connectivity index (χ0) is 45.8. The van der Waals surface area contributed by atoms with Gasteiger partial charge in [-0.05, 0) is 171 Å². The van der Waals surface area contributed by atoms with E-state index in [2.05, 4.69) is 198 Å². The summed E-state index contributed by atoms with van der Waals surface area (Å²) in [5, 5.41) is 6.17. The van der Waals surface area contributed by atoms with Crippen molar-refractivity contribution in [2.24, 2.45) is 0 Å². The lowest BCUT2D eigenvalue weighted by Crippen LogP contribution is -2.00. The molecule has 7 heteroatoms. The van der Waals surface area contributed by atoms with Crippen LogP contribution in [0.1, 0.15) is 44.5 Å². The number of imidazole rings is 2. The molecule has 0 saturated heterocycles. The molecule has 67 heavy (non-hydrogen) atoms. The fourth-order valence-corrected chi connectivity index (χ4v) is 10.8. The van der Waals surface area contributed by atoms with Crippen LogP contribution in [0.25, 0.3) is 99.9 Å². The summed E-state index contributed by atoms with van der Waals surface area (Å²) < 4.78 is 11.4. The SMILES string of the molecule is Cc1cccc(C)c1-c1ccc2c3ccc(Oc4ccc5c(c4)c4ncc(-c6c(C)cccc6C)n4c4nc(-c6c(C)cccc6C)ccc54)cc3c3ncc(-c4c(C)cccc4C)n3c2n1. The summed E-state index contributed by atoms with van der Waals surface area (Å²) in [5.74, 6) is 1.42. The molecule has 0 bridgehead atoms. The average Bonchev–Trinajstić information content (AvgIpc) is 3.95. The highest BCUT2D eigenvalue weighted by atomic mass is 16.5. The fourth-order valence-electron chi connectivity index (χ4n) is 10.8. The number of benzene rings is 6. The number of aromatic nitrogens is 6. The number of nitrogens with zero attached hydrogens (tertiary/aromatic N) is 6. The van der Waals surface area contributed by atoms with E-state index in [4.69, 9.17) is 24.7 Å². The Labute approximate surface area is 389 Å². The quantitative estimate of drug-likeness (QED) is 0.156. The lowest BCUT2D eigenvalue weighted by atomic mass is 9.98. The van der Waals surface area contributed by atoms with Crippen LogP contribution in [0.5, 0.6) is 11.5 Å². The van der Waals surface area contributed by atoms with Crippen molar-refractivity contribution in [3.05, 3.63) is 190 Å². The second-order valence-corrected chi connectivity index (χ2v) is 18.3. The van der Waals surface area contributed by atoms with Gasteiger partial charge in [-0.25, -0.2) is 19.9 Å². The highest BCUT2D eigenvalue weighted by Gasteiger charge is 2.22. The Hall–Kier alpha value is -8.16. The lowest BCUT2D eigenvalue weighted by molar-refractivity contribution is 0.484. The van der Waals surface area contributed by atoms with Gasteiger partial charge in [0.15, 0.2) is 0 Å². The molecule has 6 aromatic carbocycles. The van der Waals surface area contributed by atoms with Crippen molar-refractivity contribution in [3.8, 4) is 56.5 Å². The summed E-state index contributed by atoms with van der Waals surface area (Å²) in [5.41, 5.74) is 21.5. The van der Waals surface area contributed by atoms with Crippen molar-refractivity contribution in [2.45, 2.75) is 55.4 Å². The molecule has 6 heterocycles. The predicted molar refractivity (Wildman–Crippen MR) is 276 cm³/mol. The molecule has 0 fully saturated rings. The van der Waals surface area contributed by atoms with Gasteiger partial charge in [-0.3, -0.25) is 8.80 Å². The Morgan fingerprint density at radius 2 is 0.657 bits per heavy atom. The van der Waals surface area contributed by atoms with E-state index in [0.29, 0.717) is 11.5 Å². The first kappa shape index (κ1) is 40.4. The summed E-state index contributed by atoms with van der Waals surface area (Å²) in [4.78, 5) is 21.3. The highest BCUT2D eigenvalue weighted by Crippen LogP contribution is 2.41. The van der Waals surface area contributed by atoms with Crippen LogP contribution in [-0.4, -0.2) is 28.7 Å². The Morgan fingerprint density at radius 1 is 0.328 bits per heavy atom. The first-order chi connectivity index (χ1) is 32.5. The van der Waals surface area contributed by atoms with Crippen LogP contribution in [-0.2, 0) is 0 Å². The molecule has 0 aliphatic carbocycles. The van der Waals surface area contributed by atoms with Crippen molar-refractivity contribution in [1.29, 1.82) is 0 Å². The topological polar surface area (TPSA) is 69.6 Å².